The zero-order chi connectivity index (χ0) is 13.1. The quantitative estimate of drug-likeness (QED) is 0.839. The number of rotatable bonds is 6. The SMILES string of the molecule is CN(CC(N)=O)c1cc(Br)ccc1CNC1CC1. The van der Waals surface area contributed by atoms with E-state index in [-0.39, 0.29) is 12.5 Å². The van der Waals surface area contributed by atoms with Crippen molar-refractivity contribution < 1.29 is 4.79 Å². The maximum atomic E-state index is 11.0. The van der Waals surface area contributed by atoms with E-state index < -0.39 is 0 Å². The van der Waals surface area contributed by atoms with E-state index in [4.69, 9.17) is 5.73 Å². The van der Waals surface area contributed by atoms with Crippen molar-refractivity contribution in [2.45, 2.75) is 25.4 Å². The molecule has 0 radical (unpaired) electrons. The number of carbonyl (C=O) groups excluding carboxylic acids is 1. The summed E-state index contributed by atoms with van der Waals surface area (Å²) >= 11 is 3.46. The smallest absolute Gasteiger partial charge is 0.236 e. The third-order valence-electron chi connectivity index (χ3n) is 3.01. The molecule has 1 aliphatic rings. The number of carbonyl (C=O) groups is 1. The minimum absolute atomic E-state index is 0.229. The lowest BCUT2D eigenvalue weighted by molar-refractivity contribution is -0.116. The highest BCUT2D eigenvalue weighted by Crippen LogP contribution is 2.26. The molecule has 0 bridgehead atoms. The van der Waals surface area contributed by atoms with Crippen LogP contribution >= 0.6 is 15.9 Å². The number of hydrogen-bond donors (Lipinski definition) is 2. The topological polar surface area (TPSA) is 58.4 Å². The van der Waals surface area contributed by atoms with Crippen LogP contribution in [0.15, 0.2) is 22.7 Å². The Balaban J connectivity index is 2.12. The number of amides is 1. The molecule has 1 aromatic rings. The maximum Gasteiger partial charge on any atom is 0.236 e. The van der Waals surface area contributed by atoms with Crippen molar-refractivity contribution >= 4 is 27.5 Å². The Labute approximate surface area is 116 Å². The summed E-state index contributed by atoms with van der Waals surface area (Å²) in [6.45, 7) is 1.06. The molecule has 3 N–H and O–H groups in total. The van der Waals surface area contributed by atoms with Gasteiger partial charge in [0.05, 0.1) is 6.54 Å². The summed E-state index contributed by atoms with van der Waals surface area (Å²) < 4.78 is 1.00. The Kier molecular flexibility index (Phi) is 4.24. The normalized spacial score (nSPS) is 14.6. The summed E-state index contributed by atoms with van der Waals surface area (Å²) in [4.78, 5) is 12.9. The van der Waals surface area contributed by atoms with Crippen LogP contribution in [0.3, 0.4) is 0 Å². The van der Waals surface area contributed by atoms with E-state index in [1.54, 1.807) is 0 Å². The second-order valence-corrected chi connectivity index (χ2v) is 5.67. The number of likely N-dealkylation sites (N-methyl/N-ethyl adjacent to an activating group) is 1. The minimum Gasteiger partial charge on any atom is -0.368 e. The fraction of sp³-hybridized carbons (Fsp3) is 0.462. The van der Waals surface area contributed by atoms with Gasteiger partial charge in [-0.25, -0.2) is 0 Å². The van der Waals surface area contributed by atoms with Crippen LogP contribution in [0.2, 0.25) is 0 Å². The van der Waals surface area contributed by atoms with Crippen LogP contribution in [0.5, 0.6) is 0 Å². The molecular weight excluding hydrogens is 294 g/mol. The van der Waals surface area contributed by atoms with Crippen LogP contribution in [-0.4, -0.2) is 25.5 Å². The molecule has 1 aliphatic carbocycles. The van der Waals surface area contributed by atoms with Crippen molar-refractivity contribution in [1.29, 1.82) is 0 Å². The van der Waals surface area contributed by atoms with Crippen molar-refractivity contribution in [3.8, 4) is 0 Å². The summed E-state index contributed by atoms with van der Waals surface area (Å²) in [6, 6.07) is 6.79. The minimum atomic E-state index is -0.321. The van der Waals surface area contributed by atoms with Gasteiger partial charge in [0, 0.05) is 29.8 Å². The third kappa shape index (κ3) is 3.71. The largest absolute Gasteiger partial charge is 0.368 e. The first kappa shape index (κ1) is 13.4. The van der Waals surface area contributed by atoms with Gasteiger partial charge in [-0.15, -0.1) is 0 Å². The van der Waals surface area contributed by atoms with Crippen LogP contribution in [0, 0.1) is 0 Å². The summed E-state index contributed by atoms with van der Waals surface area (Å²) in [5.41, 5.74) is 7.47. The van der Waals surface area contributed by atoms with Gasteiger partial charge in [-0.05, 0) is 30.5 Å². The van der Waals surface area contributed by atoms with Gasteiger partial charge in [-0.3, -0.25) is 4.79 Å². The molecule has 1 fully saturated rings. The Bertz CT molecular complexity index is 446. The number of nitrogens with zero attached hydrogens (tertiary/aromatic N) is 1. The second-order valence-electron chi connectivity index (χ2n) is 4.75. The number of nitrogens with one attached hydrogen (secondary N) is 1. The number of hydrogen-bond acceptors (Lipinski definition) is 3. The highest BCUT2D eigenvalue weighted by molar-refractivity contribution is 9.10. The Hall–Kier alpha value is -1.07. The van der Waals surface area contributed by atoms with Crippen LogP contribution in [0.4, 0.5) is 5.69 Å². The molecule has 0 atom stereocenters. The van der Waals surface area contributed by atoms with Crippen molar-refractivity contribution in [2.24, 2.45) is 5.73 Å². The van der Waals surface area contributed by atoms with Gasteiger partial charge in [0.25, 0.3) is 0 Å². The lowest BCUT2D eigenvalue weighted by Crippen LogP contribution is -2.31. The Morgan fingerprint density at radius 3 is 2.89 bits per heavy atom. The molecule has 0 spiro atoms. The molecule has 0 saturated heterocycles. The van der Waals surface area contributed by atoms with Gasteiger partial charge < -0.3 is 16.0 Å². The highest BCUT2D eigenvalue weighted by Gasteiger charge is 2.21. The van der Waals surface area contributed by atoms with Crippen LogP contribution in [-0.2, 0) is 11.3 Å². The second kappa shape index (κ2) is 5.71. The predicted molar refractivity (Wildman–Crippen MR) is 76.5 cm³/mol. The van der Waals surface area contributed by atoms with Gasteiger partial charge in [0.15, 0.2) is 0 Å². The van der Waals surface area contributed by atoms with Crippen molar-refractivity contribution in [3.05, 3.63) is 28.2 Å². The first-order valence-corrected chi connectivity index (χ1v) is 6.87. The molecular formula is C13H18BrN3O. The maximum absolute atomic E-state index is 11.0. The Morgan fingerprint density at radius 2 is 2.28 bits per heavy atom. The van der Waals surface area contributed by atoms with E-state index in [0.29, 0.717) is 6.04 Å². The van der Waals surface area contributed by atoms with Gasteiger partial charge in [0.1, 0.15) is 0 Å². The van der Waals surface area contributed by atoms with E-state index >= 15 is 0 Å². The molecule has 1 amide bonds. The number of halogens is 1. The van der Waals surface area contributed by atoms with Gasteiger partial charge in [0.2, 0.25) is 5.91 Å². The molecule has 98 valence electrons. The molecule has 1 saturated carbocycles. The number of primary amides is 1. The lowest BCUT2D eigenvalue weighted by atomic mass is 10.1. The number of nitrogens with two attached hydrogens (primary N) is 1. The summed E-state index contributed by atoms with van der Waals surface area (Å²) in [5, 5.41) is 3.48. The van der Waals surface area contributed by atoms with Gasteiger partial charge in [-0.2, -0.15) is 0 Å². The van der Waals surface area contributed by atoms with Crippen LogP contribution in [0.1, 0.15) is 18.4 Å². The molecule has 0 aliphatic heterocycles. The molecule has 0 aromatic heterocycles. The van der Waals surface area contributed by atoms with Crippen molar-refractivity contribution in [3.63, 3.8) is 0 Å². The average Bonchev–Trinajstić information content (AvgIpc) is 3.10. The predicted octanol–water partition coefficient (Wildman–Crippen LogP) is 1.62. The molecule has 2 rings (SSSR count). The molecule has 5 heteroatoms. The van der Waals surface area contributed by atoms with E-state index in [9.17, 15) is 4.79 Å². The summed E-state index contributed by atoms with van der Waals surface area (Å²) in [7, 11) is 1.88. The summed E-state index contributed by atoms with van der Waals surface area (Å²) in [5.74, 6) is -0.321. The van der Waals surface area contributed by atoms with E-state index in [1.807, 2.05) is 24.1 Å². The number of anilines is 1. The highest BCUT2D eigenvalue weighted by atomic mass is 79.9. The van der Waals surface area contributed by atoms with Crippen molar-refractivity contribution in [2.75, 3.05) is 18.5 Å². The molecule has 0 heterocycles. The standard InChI is InChI=1S/C13H18BrN3O/c1-17(8-13(15)18)12-6-10(14)3-2-9(12)7-16-11-4-5-11/h2-3,6,11,16H,4-5,7-8H2,1H3,(H2,15,18). The van der Waals surface area contributed by atoms with E-state index in [0.717, 1.165) is 16.7 Å². The Morgan fingerprint density at radius 1 is 1.56 bits per heavy atom. The average molecular weight is 312 g/mol. The van der Waals surface area contributed by atoms with E-state index in [2.05, 4.69) is 27.3 Å². The van der Waals surface area contributed by atoms with Gasteiger partial charge in [-0.1, -0.05) is 22.0 Å². The van der Waals surface area contributed by atoms with Crippen molar-refractivity contribution in [1.82, 2.24) is 5.32 Å². The molecule has 4 nitrogen and oxygen atoms in total. The lowest BCUT2D eigenvalue weighted by Gasteiger charge is -2.21. The first-order chi connectivity index (χ1) is 8.56. The van der Waals surface area contributed by atoms with Gasteiger partial charge >= 0.3 is 0 Å². The third-order valence-corrected chi connectivity index (χ3v) is 3.50. The fourth-order valence-corrected chi connectivity index (χ4v) is 2.25. The molecule has 18 heavy (non-hydrogen) atoms. The van der Waals surface area contributed by atoms with E-state index in [1.165, 1.54) is 18.4 Å². The van der Waals surface area contributed by atoms with Crippen LogP contribution in [0.25, 0.3) is 0 Å². The summed E-state index contributed by atoms with van der Waals surface area (Å²) in [6.07, 6.45) is 2.53. The first-order valence-electron chi connectivity index (χ1n) is 6.07. The zero-order valence-electron chi connectivity index (χ0n) is 10.4. The van der Waals surface area contributed by atoms with Crippen LogP contribution < -0.4 is 16.0 Å². The zero-order valence-corrected chi connectivity index (χ0v) is 12.0. The fourth-order valence-electron chi connectivity index (χ4n) is 1.90. The molecule has 0 unspecified atom stereocenters. The molecule has 1 aromatic carbocycles. The number of benzene rings is 1. The monoisotopic (exact) mass is 311 g/mol.